The highest BCUT2D eigenvalue weighted by Gasteiger charge is 2.32. The first-order chi connectivity index (χ1) is 12.0. The number of anilines is 1. The molecule has 0 aliphatic carbocycles. The van der Waals surface area contributed by atoms with E-state index in [2.05, 4.69) is 20.2 Å². The van der Waals surface area contributed by atoms with E-state index >= 15 is 0 Å². The zero-order chi connectivity index (χ0) is 17.8. The van der Waals surface area contributed by atoms with E-state index < -0.39 is 17.7 Å². The number of benzene rings is 1. The summed E-state index contributed by atoms with van der Waals surface area (Å²) in [5, 5.41) is 3.09. The SMILES string of the molecule is CC1CN(C(CNc2ncccn2)c2c(F)cccc2F)CC(C)O1. The molecule has 1 aliphatic heterocycles. The molecule has 3 atom stereocenters. The first kappa shape index (κ1) is 17.7. The molecule has 25 heavy (non-hydrogen) atoms. The molecule has 0 saturated carbocycles. The van der Waals surface area contributed by atoms with Gasteiger partial charge in [-0.05, 0) is 32.0 Å². The van der Waals surface area contributed by atoms with E-state index in [4.69, 9.17) is 4.74 Å². The lowest BCUT2D eigenvalue weighted by Crippen LogP contribution is -2.48. The van der Waals surface area contributed by atoms with Gasteiger partial charge < -0.3 is 10.1 Å². The van der Waals surface area contributed by atoms with Crippen LogP contribution in [0.25, 0.3) is 0 Å². The molecule has 1 aromatic carbocycles. The summed E-state index contributed by atoms with van der Waals surface area (Å²) in [6, 6.07) is 5.18. The fourth-order valence-corrected chi connectivity index (χ4v) is 3.29. The Balaban J connectivity index is 1.88. The number of hydrogen-bond acceptors (Lipinski definition) is 5. The van der Waals surface area contributed by atoms with Gasteiger partial charge in [0.25, 0.3) is 0 Å². The van der Waals surface area contributed by atoms with Crippen LogP contribution in [0.4, 0.5) is 14.7 Å². The maximum Gasteiger partial charge on any atom is 0.222 e. The van der Waals surface area contributed by atoms with Crippen molar-refractivity contribution in [2.75, 3.05) is 25.0 Å². The third kappa shape index (κ3) is 4.29. The summed E-state index contributed by atoms with van der Waals surface area (Å²) in [4.78, 5) is 10.3. The molecule has 5 nitrogen and oxygen atoms in total. The number of nitrogens with one attached hydrogen (secondary N) is 1. The quantitative estimate of drug-likeness (QED) is 0.900. The molecule has 1 aromatic heterocycles. The molecular weight excluding hydrogens is 326 g/mol. The Bertz CT molecular complexity index is 670. The van der Waals surface area contributed by atoms with E-state index in [0.717, 1.165) is 0 Å². The van der Waals surface area contributed by atoms with Crippen LogP contribution in [-0.4, -0.2) is 46.7 Å². The van der Waals surface area contributed by atoms with Crippen LogP contribution in [0.2, 0.25) is 0 Å². The van der Waals surface area contributed by atoms with Crippen LogP contribution in [0.15, 0.2) is 36.7 Å². The van der Waals surface area contributed by atoms with Crippen molar-refractivity contribution in [3.05, 3.63) is 53.9 Å². The van der Waals surface area contributed by atoms with Crippen LogP contribution in [0.5, 0.6) is 0 Å². The predicted molar refractivity (Wildman–Crippen MR) is 91.2 cm³/mol. The Labute approximate surface area is 146 Å². The Morgan fingerprint density at radius 3 is 2.32 bits per heavy atom. The molecule has 3 rings (SSSR count). The predicted octanol–water partition coefficient (Wildman–Crippen LogP) is 3.02. The lowest BCUT2D eigenvalue weighted by Gasteiger charge is -2.40. The molecule has 1 fully saturated rings. The van der Waals surface area contributed by atoms with E-state index in [1.165, 1.54) is 18.2 Å². The largest absolute Gasteiger partial charge is 0.373 e. The van der Waals surface area contributed by atoms with Crippen molar-refractivity contribution in [3.8, 4) is 0 Å². The standard InChI is InChI=1S/C18H22F2N4O/c1-12-10-24(11-13(2)25-12)16(9-23-18-21-7-4-8-22-18)17-14(19)5-3-6-15(17)20/h3-8,12-13,16H,9-11H2,1-2H3,(H,21,22,23). The third-order valence-electron chi connectivity index (χ3n) is 4.24. The number of ether oxygens (including phenoxy) is 1. The molecule has 1 aliphatic rings. The summed E-state index contributed by atoms with van der Waals surface area (Å²) in [7, 11) is 0. The summed E-state index contributed by atoms with van der Waals surface area (Å²) >= 11 is 0. The monoisotopic (exact) mass is 348 g/mol. The molecule has 0 bridgehead atoms. The van der Waals surface area contributed by atoms with Gasteiger partial charge in [-0.1, -0.05) is 6.07 Å². The summed E-state index contributed by atoms with van der Waals surface area (Å²) in [5.41, 5.74) is 0.0623. The summed E-state index contributed by atoms with van der Waals surface area (Å²) in [6.07, 6.45) is 3.22. The molecule has 1 N–H and O–H groups in total. The van der Waals surface area contributed by atoms with Crippen molar-refractivity contribution < 1.29 is 13.5 Å². The Hall–Kier alpha value is -2.12. The van der Waals surface area contributed by atoms with Crippen molar-refractivity contribution in [2.24, 2.45) is 0 Å². The van der Waals surface area contributed by atoms with Crippen molar-refractivity contribution in [1.82, 2.24) is 14.9 Å². The highest BCUT2D eigenvalue weighted by molar-refractivity contribution is 5.28. The van der Waals surface area contributed by atoms with E-state index in [-0.39, 0.29) is 17.8 Å². The zero-order valence-corrected chi connectivity index (χ0v) is 14.3. The molecule has 3 unspecified atom stereocenters. The van der Waals surface area contributed by atoms with Gasteiger partial charge in [-0.25, -0.2) is 18.7 Å². The molecule has 0 radical (unpaired) electrons. The van der Waals surface area contributed by atoms with Crippen molar-refractivity contribution in [1.29, 1.82) is 0 Å². The first-order valence-electron chi connectivity index (χ1n) is 8.39. The van der Waals surface area contributed by atoms with Gasteiger partial charge in [0.15, 0.2) is 0 Å². The van der Waals surface area contributed by atoms with Crippen LogP contribution in [0, 0.1) is 11.6 Å². The van der Waals surface area contributed by atoms with Crippen LogP contribution < -0.4 is 5.32 Å². The average molecular weight is 348 g/mol. The smallest absolute Gasteiger partial charge is 0.222 e. The van der Waals surface area contributed by atoms with Gasteiger partial charge in [0.2, 0.25) is 5.95 Å². The van der Waals surface area contributed by atoms with Crippen LogP contribution in [0.1, 0.15) is 25.5 Å². The minimum Gasteiger partial charge on any atom is -0.373 e. The van der Waals surface area contributed by atoms with Crippen LogP contribution in [-0.2, 0) is 4.74 Å². The minimum absolute atomic E-state index is 0.00550. The van der Waals surface area contributed by atoms with Gasteiger partial charge in [-0.3, -0.25) is 4.90 Å². The second-order valence-corrected chi connectivity index (χ2v) is 6.32. The van der Waals surface area contributed by atoms with Gasteiger partial charge in [-0.15, -0.1) is 0 Å². The third-order valence-corrected chi connectivity index (χ3v) is 4.24. The topological polar surface area (TPSA) is 50.3 Å². The fourth-order valence-electron chi connectivity index (χ4n) is 3.29. The van der Waals surface area contributed by atoms with Crippen LogP contribution in [0.3, 0.4) is 0 Å². The summed E-state index contributed by atoms with van der Waals surface area (Å²) < 4.78 is 34.6. The van der Waals surface area contributed by atoms with Gasteiger partial charge in [0.1, 0.15) is 11.6 Å². The molecule has 0 spiro atoms. The van der Waals surface area contributed by atoms with Crippen LogP contribution >= 0.6 is 0 Å². The number of morpholine rings is 1. The van der Waals surface area contributed by atoms with Crippen molar-refractivity contribution in [3.63, 3.8) is 0 Å². The van der Waals surface area contributed by atoms with Crippen molar-refractivity contribution >= 4 is 5.95 Å². The van der Waals surface area contributed by atoms with Crippen molar-refractivity contribution in [2.45, 2.75) is 32.1 Å². The fraction of sp³-hybridized carbons (Fsp3) is 0.444. The Kier molecular flexibility index (Phi) is 5.55. The molecule has 2 heterocycles. The molecule has 7 heteroatoms. The van der Waals surface area contributed by atoms with E-state index in [0.29, 0.717) is 25.6 Å². The highest BCUT2D eigenvalue weighted by Crippen LogP contribution is 2.29. The molecule has 0 amide bonds. The minimum atomic E-state index is -0.549. The number of hydrogen-bond donors (Lipinski definition) is 1. The van der Waals surface area contributed by atoms with Gasteiger partial charge >= 0.3 is 0 Å². The first-order valence-corrected chi connectivity index (χ1v) is 8.39. The Morgan fingerprint density at radius 1 is 1.12 bits per heavy atom. The van der Waals surface area contributed by atoms with E-state index in [9.17, 15) is 8.78 Å². The van der Waals surface area contributed by atoms with Gasteiger partial charge in [0.05, 0.1) is 18.2 Å². The lowest BCUT2D eigenvalue weighted by molar-refractivity contribution is -0.0801. The summed E-state index contributed by atoms with van der Waals surface area (Å²) in [6.45, 7) is 5.41. The lowest BCUT2D eigenvalue weighted by atomic mass is 10.0. The second kappa shape index (κ2) is 7.84. The average Bonchev–Trinajstić information content (AvgIpc) is 2.57. The molecule has 2 aromatic rings. The molecule has 134 valence electrons. The Morgan fingerprint density at radius 2 is 1.72 bits per heavy atom. The number of rotatable bonds is 5. The van der Waals surface area contributed by atoms with E-state index in [1.54, 1.807) is 18.5 Å². The normalized spacial score (nSPS) is 22.6. The second-order valence-electron chi connectivity index (χ2n) is 6.32. The maximum atomic E-state index is 14.4. The molecular formula is C18H22F2N4O. The number of aromatic nitrogens is 2. The number of nitrogens with zero attached hydrogens (tertiary/aromatic N) is 3. The zero-order valence-electron chi connectivity index (χ0n) is 14.3. The molecule has 1 saturated heterocycles. The maximum absolute atomic E-state index is 14.4. The van der Waals surface area contributed by atoms with Gasteiger partial charge in [0, 0.05) is 37.6 Å². The number of halogens is 2. The van der Waals surface area contributed by atoms with E-state index in [1.807, 2.05) is 13.8 Å². The summed E-state index contributed by atoms with van der Waals surface area (Å²) in [5.74, 6) is -0.668. The van der Waals surface area contributed by atoms with Gasteiger partial charge in [-0.2, -0.15) is 0 Å². The highest BCUT2D eigenvalue weighted by atomic mass is 19.1.